The summed E-state index contributed by atoms with van der Waals surface area (Å²) in [6.45, 7) is 2.08. The molecule has 100 valence electrons. The molecule has 19 heavy (non-hydrogen) atoms. The van der Waals surface area contributed by atoms with Crippen LogP contribution in [0.15, 0.2) is 48.5 Å². The smallest absolute Gasteiger partial charge is 0.127 e. The van der Waals surface area contributed by atoms with Crippen LogP contribution in [0.2, 0.25) is 0 Å². The van der Waals surface area contributed by atoms with E-state index < -0.39 is 0 Å². The fourth-order valence-electron chi connectivity index (χ4n) is 1.51. The SMILES string of the molecule is CNc1ccc(C)cc1.COc1ccccc1C=N. The maximum atomic E-state index is 6.98. The number of hydrogen-bond donors (Lipinski definition) is 2. The number of nitrogens with one attached hydrogen (secondary N) is 2. The van der Waals surface area contributed by atoms with Crippen molar-refractivity contribution in [3.8, 4) is 5.75 Å². The predicted molar refractivity (Wildman–Crippen MR) is 81.6 cm³/mol. The fourth-order valence-corrected chi connectivity index (χ4v) is 1.51. The number of anilines is 1. The van der Waals surface area contributed by atoms with Crippen molar-refractivity contribution in [3.05, 3.63) is 59.7 Å². The molecule has 0 amide bonds. The van der Waals surface area contributed by atoms with Gasteiger partial charge in [-0.15, -0.1) is 0 Å². The minimum atomic E-state index is 0.748. The van der Waals surface area contributed by atoms with Crippen molar-refractivity contribution in [2.45, 2.75) is 6.92 Å². The number of ether oxygens (including phenoxy) is 1. The molecule has 3 heteroatoms. The highest BCUT2D eigenvalue weighted by atomic mass is 16.5. The van der Waals surface area contributed by atoms with Crippen molar-refractivity contribution < 1.29 is 4.74 Å². The minimum Gasteiger partial charge on any atom is -0.496 e. The van der Waals surface area contributed by atoms with Gasteiger partial charge in [-0.3, -0.25) is 0 Å². The Kier molecular flexibility index (Phi) is 6.16. The van der Waals surface area contributed by atoms with Gasteiger partial charge in [-0.2, -0.15) is 0 Å². The molecule has 2 aromatic rings. The van der Waals surface area contributed by atoms with Gasteiger partial charge < -0.3 is 15.5 Å². The van der Waals surface area contributed by atoms with Gasteiger partial charge in [0.15, 0.2) is 0 Å². The zero-order chi connectivity index (χ0) is 14.1. The third kappa shape index (κ3) is 4.84. The topological polar surface area (TPSA) is 45.1 Å². The van der Waals surface area contributed by atoms with Crippen LogP contribution in [0.1, 0.15) is 11.1 Å². The largest absolute Gasteiger partial charge is 0.496 e. The molecule has 0 unspecified atom stereocenters. The van der Waals surface area contributed by atoms with E-state index in [0.717, 1.165) is 11.3 Å². The Bertz CT molecular complexity index is 506. The first-order chi connectivity index (χ1) is 9.21. The molecule has 2 rings (SSSR count). The minimum absolute atomic E-state index is 0.748. The van der Waals surface area contributed by atoms with Crippen LogP contribution in [0.4, 0.5) is 5.69 Å². The molecule has 0 aliphatic rings. The molecule has 0 aliphatic heterocycles. The number of benzene rings is 2. The maximum Gasteiger partial charge on any atom is 0.127 e. The second-order valence-electron chi connectivity index (χ2n) is 4.00. The van der Waals surface area contributed by atoms with E-state index >= 15 is 0 Å². The van der Waals surface area contributed by atoms with Gasteiger partial charge in [0.05, 0.1) is 7.11 Å². The molecule has 0 saturated carbocycles. The summed E-state index contributed by atoms with van der Waals surface area (Å²) in [5.74, 6) is 0.748. The third-order valence-electron chi connectivity index (χ3n) is 2.63. The highest BCUT2D eigenvalue weighted by Gasteiger charge is 1.94. The molecular weight excluding hydrogens is 236 g/mol. The second kappa shape index (κ2) is 7.93. The standard InChI is InChI=1S/C8H9NO.C8H11N/c1-10-8-5-3-2-4-7(8)6-9;1-7-3-5-8(9-2)6-4-7/h2-6,9H,1H3;3-6,9H,1-2H3. The summed E-state index contributed by atoms with van der Waals surface area (Å²) >= 11 is 0. The quantitative estimate of drug-likeness (QED) is 0.822. The molecule has 0 atom stereocenters. The molecule has 0 aliphatic carbocycles. The molecule has 0 saturated heterocycles. The maximum absolute atomic E-state index is 6.98. The van der Waals surface area contributed by atoms with Gasteiger partial charge in [0, 0.05) is 24.5 Å². The zero-order valence-electron chi connectivity index (χ0n) is 11.6. The summed E-state index contributed by atoms with van der Waals surface area (Å²) in [5, 5.41) is 10.0. The van der Waals surface area contributed by atoms with Crippen LogP contribution in [0, 0.1) is 12.3 Å². The van der Waals surface area contributed by atoms with Crippen molar-refractivity contribution >= 4 is 11.9 Å². The van der Waals surface area contributed by atoms with Crippen molar-refractivity contribution in [1.82, 2.24) is 0 Å². The van der Waals surface area contributed by atoms with Crippen molar-refractivity contribution in [3.63, 3.8) is 0 Å². The summed E-state index contributed by atoms with van der Waals surface area (Å²) < 4.78 is 4.98. The van der Waals surface area contributed by atoms with Gasteiger partial charge >= 0.3 is 0 Å². The summed E-state index contributed by atoms with van der Waals surface area (Å²) in [6.07, 6.45) is 1.28. The highest BCUT2D eigenvalue weighted by molar-refractivity contribution is 5.80. The van der Waals surface area contributed by atoms with Gasteiger partial charge in [-0.1, -0.05) is 29.8 Å². The lowest BCUT2D eigenvalue weighted by molar-refractivity contribution is 0.414. The lowest BCUT2D eigenvalue weighted by Crippen LogP contribution is -1.88. The van der Waals surface area contributed by atoms with Crippen molar-refractivity contribution in [2.75, 3.05) is 19.5 Å². The second-order valence-corrected chi connectivity index (χ2v) is 4.00. The Morgan fingerprint density at radius 1 is 1.05 bits per heavy atom. The number of para-hydroxylation sites is 1. The van der Waals surface area contributed by atoms with E-state index in [1.54, 1.807) is 7.11 Å². The Labute approximate surface area is 114 Å². The first kappa shape index (κ1) is 14.8. The lowest BCUT2D eigenvalue weighted by atomic mass is 10.2. The molecule has 0 radical (unpaired) electrons. The first-order valence-corrected chi connectivity index (χ1v) is 6.09. The Hall–Kier alpha value is -2.29. The summed E-state index contributed by atoms with van der Waals surface area (Å²) in [5.41, 5.74) is 3.28. The van der Waals surface area contributed by atoms with Gasteiger partial charge in [-0.25, -0.2) is 0 Å². The molecule has 2 N–H and O–H groups in total. The molecule has 0 bridgehead atoms. The Morgan fingerprint density at radius 3 is 2.16 bits per heavy atom. The van der Waals surface area contributed by atoms with Gasteiger partial charge in [0.2, 0.25) is 0 Å². The van der Waals surface area contributed by atoms with Crippen molar-refractivity contribution in [2.24, 2.45) is 0 Å². The number of rotatable bonds is 3. The monoisotopic (exact) mass is 256 g/mol. The van der Waals surface area contributed by atoms with Gasteiger partial charge in [0.1, 0.15) is 5.75 Å². The van der Waals surface area contributed by atoms with E-state index in [-0.39, 0.29) is 0 Å². The predicted octanol–water partition coefficient (Wildman–Crippen LogP) is 3.73. The summed E-state index contributed by atoms with van der Waals surface area (Å²) in [4.78, 5) is 0. The Balaban J connectivity index is 0.000000191. The Morgan fingerprint density at radius 2 is 1.68 bits per heavy atom. The van der Waals surface area contributed by atoms with Crippen LogP contribution in [-0.4, -0.2) is 20.4 Å². The van der Waals surface area contributed by atoms with E-state index in [1.807, 2.05) is 31.3 Å². The lowest BCUT2D eigenvalue weighted by Gasteiger charge is -2.00. The van der Waals surface area contributed by atoms with Gasteiger partial charge in [-0.05, 0) is 31.2 Å². The van der Waals surface area contributed by atoms with Crippen LogP contribution in [0.5, 0.6) is 5.75 Å². The first-order valence-electron chi connectivity index (χ1n) is 6.09. The number of aryl methyl sites for hydroxylation is 1. The number of methoxy groups -OCH3 is 1. The normalized spacial score (nSPS) is 9.00. The van der Waals surface area contributed by atoms with Crippen LogP contribution < -0.4 is 10.1 Å². The van der Waals surface area contributed by atoms with Gasteiger partial charge in [0.25, 0.3) is 0 Å². The molecule has 0 fully saturated rings. The summed E-state index contributed by atoms with van der Waals surface area (Å²) in [7, 11) is 3.52. The van der Waals surface area contributed by atoms with Crippen LogP contribution in [0.3, 0.4) is 0 Å². The summed E-state index contributed by atoms with van der Waals surface area (Å²) in [6, 6.07) is 15.7. The van der Waals surface area contributed by atoms with E-state index in [4.69, 9.17) is 10.1 Å². The average Bonchev–Trinajstić information content (AvgIpc) is 2.48. The number of hydrogen-bond acceptors (Lipinski definition) is 3. The molecule has 0 heterocycles. The van der Waals surface area contributed by atoms with E-state index in [1.165, 1.54) is 17.5 Å². The highest BCUT2D eigenvalue weighted by Crippen LogP contribution is 2.13. The third-order valence-corrected chi connectivity index (χ3v) is 2.63. The van der Waals surface area contributed by atoms with Crippen LogP contribution in [0.25, 0.3) is 0 Å². The van der Waals surface area contributed by atoms with E-state index in [0.29, 0.717) is 0 Å². The fraction of sp³-hybridized carbons (Fsp3) is 0.188. The zero-order valence-corrected chi connectivity index (χ0v) is 11.6. The van der Waals surface area contributed by atoms with Crippen molar-refractivity contribution in [1.29, 1.82) is 5.41 Å². The molecule has 0 aromatic heterocycles. The molecule has 3 nitrogen and oxygen atoms in total. The molecule has 2 aromatic carbocycles. The van der Waals surface area contributed by atoms with E-state index in [9.17, 15) is 0 Å². The van der Waals surface area contributed by atoms with Crippen LogP contribution in [-0.2, 0) is 0 Å². The average molecular weight is 256 g/mol. The molecular formula is C16H20N2O. The van der Waals surface area contributed by atoms with Crippen LogP contribution >= 0.6 is 0 Å². The van der Waals surface area contributed by atoms with E-state index in [2.05, 4.69) is 36.5 Å². The molecule has 0 spiro atoms.